The van der Waals surface area contributed by atoms with E-state index in [2.05, 4.69) is 9.62 Å². The number of thiophene rings is 1. The Bertz CT molecular complexity index is 831. The monoisotopic (exact) mass is 381 g/mol. The number of hydrogen-bond donors (Lipinski definition) is 1. The summed E-state index contributed by atoms with van der Waals surface area (Å²) in [4.78, 5) is 12.4. The Morgan fingerprint density at radius 2 is 2.04 bits per heavy atom. The summed E-state index contributed by atoms with van der Waals surface area (Å²) < 4.78 is 27.7. The van der Waals surface area contributed by atoms with Crippen LogP contribution in [0.4, 0.5) is 5.69 Å². The highest BCUT2D eigenvalue weighted by Gasteiger charge is 2.26. The van der Waals surface area contributed by atoms with E-state index in [-0.39, 0.29) is 23.2 Å². The minimum Gasteiger partial charge on any atom is -0.295 e. The second-order valence-electron chi connectivity index (χ2n) is 5.92. The van der Waals surface area contributed by atoms with Gasteiger partial charge in [-0.1, -0.05) is 6.07 Å². The molecule has 2 heterocycles. The first-order valence-electron chi connectivity index (χ1n) is 7.97. The third-order valence-electron chi connectivity index (χ3n) is 4.31. The highest BCUT2D eigenvalue weighted by Crippen LogP contribution is 2.27. The fourth-order valence-electron chi connectivity index (χ4n) is 3.01. The van der Waals surface area contributed by atoms with Gasteiger partial charge in [-0.3, -0.25) is 15.0 Å². The summed E-state index contributed by atoms with van der Waals surface area (Å²) in [5.74, 6) is 0. The molecule has 2 aromatic rings. The molecule has 1 aliphatic heterocycles. The van der Waals surface area contributed by atoms with Gasteiger partial charge in [0.15, 0.2) is 0 Å². The average molecular weight is 381 g/mol. The molecule has 25 heavy (non-hydrogen) atoms. The molecule has 1 aliphatic rings. The van der Waals surface area contributed by atoms with Gasteiger partial charge >= 0.3 is 0 Å². The first kappa shape index (κ1) is 18.0. The van der Waals surface area contributed by atoms with Gasteiger partial charge in [0, 0.05) is 24.7 Å². The number of benzene rings is 1. The number of nitro benzene ring substituents is 1. The van der Waals surface area contributed by atoms with E-state index in [1.165, 1.54) is 18.2 Å². The molecule has 0 radical (unpaired) electrons. The summed E-state index contributed by atoms with van der Waals surface area (Å²) in [5.41, 5.74) is 0.852. The number of nitrogens with one attached hydrogen (secondary N) is 1. The number of sulfonamides is 1. The Labute approximate surface area is 150 Å². The fourth-order valence-corrected chi connectivity index (χ4v) is 4.80. The maximum absolute atomic E-state index is 12.5. The van der Waals surface area contributed by atoms with Crippen molar-refractivity contribution in [1.29, 1.82) is 0 Å². The molecular formula is C16H19N3O4S2. The number of non-ortho nitro benzene ring substituents is 1. The topological polar surface area (TPSA) is 92.5 Å². The summed E-state index contributed by atoms with van der Waals surface area (Å²) in [6, 6.07) is 7.08. The van der Waals surface area contributed by atoms with Crippen molar-refractivity contribution in [2.24, 2.45) is 0 Å². The van der Waals surface area contributed by atoms with Gasteiger partial charge in [-0.25, -0.2) is 13.1 Å². The third kappa shape index (κ3) is 4.24. The van der Waals surface area contributed by atoms with Crippen LogP contribution >= 0.6 is 11.3 Å². The Morgan fingerprint density at radius 1 is 1.28 bits per heavy atom. The van der Waals surface area contributed by atoms with Crippen LogP contribution in [0.3, 0.4) is 0 Å². The molecule has 1 fully saturated rings. The van der Waals surface area contributed by atoms with Crippen LogP contribution in [0.1, 0.15) is 24.4 Å². The molecule has 1 N–H and O–H groups in total. The van der Waals surface area contributed by atoms with Crippen molar-refractivity contribution >= 4 is 27.0 Å². The van der Waals surface area contributed by atoms with E-state index in [0.29, 0.717) is 0 Å². The van der Waals surface area contributed by atoms with Crippen LogP contribution in [0.5, 0.6) is 0 Å². The molecule has 0 spiro atoms. The smallest absolute Gasteiger partial charge is 0.270 e. The van der Waals surface area contributed by atoms with Crippen LogP contribution in [0, 0.1) is 10.1 Å². The van der Waals surface area contributed by atoms with Gasteiger partial charge in [0.1, 0.15) is 0 Å². The number of rotatable bonds is 7. The molecule has 1 saturated heterocycles. The Morgan fingerprint density at radius 3 is 2.68 bits per heavy atom. The molecule has 0 saturated carbocycles. The van der Waals surface area contributed by atoms with E-state index in [1.807, 2.05) is 16.8 Å². The van der Waals surface area contributed by atoms with Crippen molar-refractivity contribution in [3.05, 3.63) is 56.8 Å². The van der Waals surface area contributed by atoms with Crippen molar-refractivity contribution < 1.29 is 13.3 Å². The lowest BCUT2D eigenvalue weighted by atomic mass is 10.1. The lowest BCUT2D eigenvalue weighted by Gasteiger charge is -2.27. The standard InChI is InChI=1S/C16H19N3O4S2/c20-19(21)14-4-3-5-15(10-14)25(22,23)17-11-16(13-6-9-24-12-13)18-7-1-2-8-18/h3-6,9-10,12,16-17H,1-2,7-8,11H2. The number of nitro groups is 1. The van der Waals surface area contributed by atoms with Crippen molar-refractivity contribution in [3.8, 4) is 0 Å². The summed E-state index contributed by atoms with van der Waals surface area (Å²) in [5, 5.41) is 14.9. The van der Waals surface area contributed by atoms with Gasteiger partial charge in [0.2, 0.25) is 10.0 Å². The largest absolute Gasteiger partial charge is 0.295 e. The zero-order chi connectivity index (χ0) is 17.9. The van der Waals surface area contributed by atoms with Gasteiger partial charge in [0.05, 0.1) is 9.82 Å². The fraction of sp³-hybridized carbons (Fsp3) is 0.375. The van der Waals surface area contributed by atoms with Gasteiger partial charge in [0.25, 0.3) is 5.69 Å². The SMILES string of the molecule is O=[N+]([O-])c1cccc(S(=O)(=O)NCC(c2ccsc2)N2CCCC2)c1. The highest BCUT2D eigenvalue weighted by molar-refractivity contribution is 7.89. The third-order valence-corrected chi connectivity index (χ3v) is 6.44. The molecule has 0 aliphatic carbocycles. The average Bonchev–Trinajstić information content (AvgIpc) is 3.29. The minimum absolute atomic E-state index is 0.0257. The summed E-state index contributed by atoms with van der Waals surface area (Å²) >= 11 is 1.58. The molecular weight excluding hydrogens is 362 g/mol. The van der Waals surface area contributed by atoms with Crippen LogP contribution in [0.15, 0.2) is 46.0 Å². The van der Waals surface area contributed by atoms with E-state index in [9.17, 15) is 18.5 Å². The molecule has 0 amide bonds. The van der Waals surface area contributed by atoms with Gasteiger partial charge in [-0.05, 0) is 54.4 Å². The van der Waals surface area contributed by atoms with Crippen molar-refractivity contribution in [1.82, 2.24) is 9.62 Å². The first-order chi connectivity index (χ1) is 12.0. The molecule has 1 atom stereocenters. The molecule has 0 bridgehead atoms. The Hall–Kier alpha value is -1.81. The van der Waals surface area contributed by atoms with Crippen LogP contribution in [0.2, 0.25) is 0 Å². The summed E-state index contributed by atoms with van der Waals surface area (Å²) in [7, 11) is -3.81. The second-order valence-corrected chi connectivity index (χ2v) is 8.47. The zero-order valence-electron chi connectivity index (χ0n) is 13.5. The van der Waals surface area contributed by atoms with E-state index in [4.69, 9.17) is 0 Å². The predicted molar refractivity (Wildman–Crippen MR) is 96.2 cm³/mol. The zero-order valence-corrected chi connectivity index (χ0v) is 15.1. The molecule has 1 unspecified atom stereocenters. The molecule has 1 aromatic carbocycles. The van der Waals surface area contributed by atoms with Gasteiger partial charge in [-0.2, -0.15) is 11.3 Å². The lowest BCUT2D eigenvalue weighted by molar-refractivity contribution is -0.385. The first-order valence-corrected chi connectivity index (χ1v) is 10.4. The van der Waals surface area contributed by atoms with Crippen molar-refractivity contribution in [3.63, 3.8) is 0 Å². The minimum atomic E-state index is -3.81. The quantitative estimate of drug-likeness (QED) is 0.588. The molecule has 7 nitrogen and oxygen atoms in total. The Balaban J connectivity index is 1.77. The molecule has 134 valence electrons. The van der Waals surface area contributed by atoms with Crippen LogP contribution in [-0.4, -0.2) is 37.9 Å². The predicted octanol–water partition coefficient (Wildman–Crippen LogP) is 2.77. The highest BCUT2D eigenvalue weighted by atomic mass is 32.2. The van der Waals surface area contributed by atoms with Crippen LogP contribution in [0.25, 0.3) is 0 Å². The molecule has 1 aromatic heterocycles. The van der Waals surface area contributed by atoms with E-state index < -0.39 is 14.9 Å². The van der Waals surface area contributed by atoms with Crippen LogP contribution < -0.4 is 4.72 Å². The van der Waals surface area contributed by atoms with Gasteiger partial charge < -0.3 is 0 Å². The molecule has 3 rings (SSSR count). The normalized spacial score (nSPS) is 16.8. The summed E-state index contributed by atoms with van der Waals surface area (Å²) in [6.45, 7) is 2.12. The maximum Gasteiger partial charge on any atom is 0.270 e. The maximum atomic E-state index is 12.5. The van der Waals surface area contributed by atoms with Crippen LogP contribution in [-0.2, 0) is 10.0 Å². The van der Waals surface area contributed by atoms with Gasteiger partial charge in [-0.15, -0.1) is 0 Å². The number of likely N-dealkylation sites (tertiary alicyclic amines) is 1. The van der Waals surface area contributed by atoms with E-state index in [1.54, 1.807) is 11.3 Å². The summed E-state index contributed by atoms with van der Waals surface area (Å²) in [6.07, 6.45) is 2.22. The van der Waals surface area contributed by atoms with E-state index >= 15 is 0 Å². The van der Waals surface area contributed by atoms with Crippen molar-refractivity contribution in [2.45, 2.75) is 23.8 Å². The number of nitrogens with zero attached hydrogens (tertiary/aromatic N) is 2. The Kier molecular flexibility index (Phi) is 5.48. The van der Waals surface area contributed by atoms with E-state index in [0.717, 1.165) is 37.6 Å². The second kappa shape index (κ2) is 7.61. The van der Waals surface area contributed by atoms with Crippen molar-refractivity contribution in [2.75, 3.05) is 19.6 Å². The number of hydrogen-bond acceptors (Lipinski definition) is 6. The lowest BCUT2D eigenvalue weighted by Crippen LogP contribution is -2.36. The molecule has 9 heteroatoms.